The highest BCUT2D eigenvalue weighted by molar-refractivity contribution is 7.80. The molecule has 4 heteroatoms. The predicted molar refractivity (Wildman–Crippen MR) is 87.4 cm³/mol. The standard InChI is InChI=1S/C16H18N2OS/c1-18(11-12-3-9-15(19-2)10-4-12)14-7-5-13(6-8-14)16(17)20/h3-10H,11H2,1-2H3,(H2,17,20). The molecule has 0 spiro atoms. The maximum atomic E-state index is 5.60. The van der Waals surface area contributed by atoms with E-state index in [0.29, 0.717) is 4.99 Å². The van der Waals surface area contributed by atoms with E-state index < -0.39 is 0 Å². The van der Waals surface area contributed by atoms with Crippen LogP contribution in [-0.2, 0) is 6.54 Å². The molecule has 3 nitrogen and oxygen atoms in total. The summed E-state index contributed by atoms with van der Waals surface area (Å²) in [5, 5.41) is 0. The van der Waals surface area contributed by atoms with Crippen molar-refractivity contribution in [1.29, 1.82) is 0 Å². The van der Waals surface area contributed by atoms with E-state index in [0.717, 1.165) is 23.5 Å². The van der Waals surface area contributed by atoms with Crippen molar-refractivity contribution in [3.8, 4) is 5.75 Å². The average Bonchev–Trinajstić information content (AvgIpc) is 2.48. The fourth-order valence-electron chi connectivity index (χ4n) is 1.98. The number of rotatable bonds is 5. The van der Waals surface area contributed by atoms with Crippen LogP contribution in [0.2, 0.25) is 0 Å². The number of nitrogens with zero attached hydrogens (tertiary/aromatic N) is 1. The minimum atomic E-state index is 0.425. The van der Waals surface area contributed by atoms with E-state index in [2.05, 4.69) is 24.1 Å². The Bertz CT molecular complexity index is 578. The van der Waals surface area contributed by atoms with Crippen LogP contribution in [0.4, 0.5) is 5.69 Å². The number of methoxy groups -OCH3 is 1. The number of anilines is 1. The molecule has 0 aliphatic heterocycles. The van der Waals surface area contributed by atoms with Crippen LogP contribution in [-0.4, -0.2) is 19.1 Å². The van der Waals surface area contributed by atoms with Crippen molar-refractivity contribution < 1.29 is 4.74 Å². The van der Waals surface area contributed by atoms with Gasteiger partial charge in [-0.2, -0.15) is 0 Å². The summed E-state index contributed by atoms with van der Waals surface area (Å²) in [7, 11) is 3.73. The Labute approximate surface area is 125 Å². The first kappa shape index (κ1) is 14.3. The molecule has 0 fully saturated rings. The van der Waals surface area contributed by atoms with Crippen LogP contribution in [0.1, 0.15) is 11.1 Å². The molecule has 0 bridgehead atoms. The Morgan fingerprint density at radius 1 is 1.10 bits per heavy atom. The summed E-state index contributed by atoms with van der Waals surface area (Å²) >= 11 is 4.95. The van der Waals surface area contributed by atoms with Gasteiger partial charge < -0.3 is 15.4 Å². The van der Waals surface area contributed by atoms with E-state index in [-0.39, 0.29) is 0 Å². The van der Waals surface area contributed by atoms with Crippen molar-refractivity contribution in [3.63, 3.8) is 0 Å². The lowest BCUT2D eigenvalue weighted by molar-refractivity contribution is 0.414. The molecular formula is C16H18N2OS. The normalized spacial score (nSPS) is 10.1. The van der Waals surface area contributed by atoms with Gasteiger partial charge >= 0.3 is 0 Å². The zero-order valence-corrected chi connectivity index (χ0v) is 12.5. The molecule has 0 aliphatic rings. The van der Waals surface area contributed by atoms with Gasteiger partial charge in [0.2, 0.25) is 0 Å². The first-order chi connectivity index (χ1) is 9.60. The van der Waals surface area contributed by atoms with E-state index in [1.54, 1.807) is 7.11 Å². The SMILES string of the molecule is COc1ccc(CN(C)c2ccc(C(N)=S)cc2)cc1. The second kappa shape index (κ2) is 6.39. The molecule has 2 aromatic rings. The maximum Gasteiger partial charge on any atom is 0.118 e. The highest BCUT2D eigenvalue weighted by Gasteiger charge is 2.03. The third-order valence-electron chi connectivity index (χ3n) is 3.17. The molecule has 0 heterocycles. The molecule has 0 radical (unpaired) electrons. The van der Waals surface area contributed by atoms with Crippen molar-refractivity contribution in [2.75, 3.05) is 19.1 Å². The number of nitrogens with two attached hydrogens (primary N) is 1. The second-order valence-electron chi connectivity index (χ2n) is 4.62. The third kappa shape index (κ3) is 3.48. The van der Waals surface area contributed by atoms with E-state index in [1.165, 1.54) is 5.56 Å². The Hall–Kier alpha value is -2.07. The summed E-state index contributed by atoms with van der Waals surface area (Å²) in [6.45, 7) is 0.830. The molecule has 0 amide bonds. The Morgan fingerprint density at radius 3 is 2.20 bits per heavy atom. The van der Waals surface area contributed by atoms with Gasteiger partial charge in [0, 0.05) is 24.8 Å². The maximum absolute atomic E-state index is 5.60. The average molecular weight is 286 g/mol. The van der Waals surface area contributed by atoms with Crippen LogP contribution in [0.25, 0.3) is 0 Å². The topological polar surface area (TPSA) is 38.5 Å². The molecule has 2 rings (SSSR count). The van der Waals surface area contributed by atoms with E-state index in [1.807, 2.05) is 36.4 Å². The van der Waals surface area contributed by atoms with Crippen molar-refractivity contribution in [1.82, 2.24) is 0 Å². The van der Waals surface area contributed by atoms with Gasteiger partial charge in [0.25, 0.3) is 0 Å². The molecule has 0 saturated carbocycles. The molecule has 20 heavy (non-hydrogen) atoms. The largest absolute Gasteiger partial charge is 0.497 e. The van der Waals surface area contributed by atoms with Crippen molar-refractivity contribution in [2.24, 2.45) is 5.73 Å². The van der Waals surface area contributed by atoms with Gasteiger partial charge in [0.1, 0.15) is 10.7 Å². The molecule has 0 atom stereocenters. The lowest BCUT2D eigenvalue weighted by atomic mass is 10.1. The Morgan fingerprint density at radius 2 is 1.70 bits per heavy atom. The Balaban J connectivity index is 2.06. The molecular weight excluding hydrogens is 268 g/mol. The van der Waals surface area contributed by atoms with Crippen LogP contribution in [0.3, 0.4) is 0 Å². The first-order valence-electron chi connectivity index (χ1n) is 6.34. The van der Waals surface area contributed by atoms with Gasteiger partial charge in [-0.1, -0.05) is 24.4 Å². The minimum Gasteiger partial charge on any atom is -0.497 e. The van der Waals surface area contributed by atoms with Gasteiger partial charge in [-0.15, -0.1) is 0 Å². The predicted octanol–water partition coefficient (Wildman–Crippen LogP) is 2.97. The first-order valence-corrected chi connectivity index (χ1v) is 6.75. The quantitative estimate of drug-likeness (QED) is 0.858. The van der Waals surface area contributed by atoms with Crippen LogP contribution in [0.15, 0.2) is 48.5 Å². The van der Waals surface area contributed by atoms with Gasteiger partial charge in [-0.3, -0.25) is 0 Å². The van der Waals surface area contributed by atoms with Gasteiger partial charge in [-0.05, 0) is 42.0 Å². The zero-order valence-electron chi connectivity index (χ0n) is 11.7. The lowest BCUT2D eigenvalue weighted by Crippen LogP contribution is -2.16. The summed E-state index contributed by atoms with van der Waals surface area (Å²) in [6.07, 6.45) is 0. The number of thiocarbonyl (C=S) groups is 1. The van der Waals surface area contributed by atoms with Crippen molar-refractivity contribution in [3.05, 3.63) is 59.7 Å². The zero-order chi connectivity index (χ0) is 14.5. The summed E-state index contributed by atoms with van der Waals surface area (Å²) < 4.78 is 5.16. The van der Waals surface area contributed by atoms with E-state index in [4.69, 9.17) is 22.7 Å². The number of ether oxygens (including phenoxy) is 1. The summed E-state index contributed by atoms with van der Waals surface area (Å²) in [5.74, 6) is 0.872. The summed E-state index contributed by atoms with van der Waals surface area (Å²) in [6, 6.07) is 16.0. The monoisotopic (exact) mass is 286 g/mol. The van der Waals surface area contributed by atoms with Crippen LogP contribution in [0, 0.1) is 0 Å². The lowest BCUT2D eigenvalue weighted by Gasteiger charge is -2.20. The third-order valence-corrected chi connectivity index (χ3v) is 3.41. The fraction of sp³-hybridized carbons (Fsp3) is 0.188. The molecule has 2 aromatic carbocycles. The molecule has 0 aromatic heterocycles. The van der Waals surface area contributed by atoms with E-state index >= 15 is 0 Å². The van der Waals surface area contributed by atoms with Crippen LogP contribution in [0.5, 0.6) is 5.75 Å². The molecule has 0 unspecified atom stereocenters. The van der Waals surface area contributed by atoms with Crippen molar-refractivity contribution in [2.45, 2.75) is 6.54 Å². The van der Waals surface area contributed by atoms with Gasteiger partial charge in [0.05, 0.1) is 7.11 Å². The number of hydrogen-bond donors (Lipinski definition) is 1. The van der Waals surface area contributed by atoms with Gasteiger partial charge in [0.15, 0.2) is 0 Å². The van der Waals surface area contributed by atoms with E-state index in [9.17, 15) is 0 Å². The van der Waals surface area contributed by atoms with Crippen LogP contribution < -0.4 is 15.4 Å². The molecule has 104 valence electrons. The fourth-order valence-corrected chi connectivity index (χ4v) is 2.11. The number of hydrogen-bond acceptors (Lipinski definition) is 3. The molecule has 2 N–H and O–H groups in total. The molecule has 0 saturated heterocycles. The second-order valence-corrected chi connectivity index (χ2v) is 5.06. The van der Waals surface area contributed by atoms with Crippen molar-refractivity contribution >= 4 is 22.9 Å². The van der Waals surface area contributed by atoms with Crippen LogP contribution >= 0.6 is 12.2 Å². The highest BCUT2D eigenvalue weighted by Crippen LogP contribution is 2.18. The minimum absolute atomic E-state index is 0.425. The highest BCUT2D eigenvalue weighted by atomic mass is 32.1. The summed E-state index contributed by atoms with van der Waals surface area (Å²) in [4.78, 5) is 2.60. The summed E-state index contributed by atoms with van der Waals surface area (Å²) in [5.41, 5.74) is 8.84. The molecule has 0 aliphatic carbocycles. The smallest absolute Gasteiger partial charge is 0.118 e. The van der Waals surface area contributed by atoms with Gasteiger partial charge in [-0.25, -0.2) is 0 Å². The Kier molecular flexibility index (Phi) is 4.58. The number of benzene rings is 2.